The van der Waals surface area contributed by atoms with Gasteiger partial charge in [-0.05, 0) is 23.8 Å². The molecule has 144 valence electrons. The monoisotopic (exact) mass is 375 g/mol. The summed E-state index contributed by atoms with van der Waals surface area (Å²) in [6.45, 7) is 0. The third-order valence-electron chi connectivity index (χ3n) is 5.20. The van der Waals surface area contributed by atoms with Crippen LogP contribution in [0.3, 0.4) is 0 Å². The number of likely N-dealkylation sites (N-methyl/N-ethyl adjacent to an activating group) is 3. The Labute approximate surface area is 157 Å². The summed E-state index contributed by atoms with van der Waals surface area (Å²) in [7, 11) is 7.43. The highest BCUT2D eigenvalue weighted by Gasteiger charge is 2.72. The van der Waals surface area contributed by atoms with Gasteiger partial charge in [0, 0.05) is 21.2 Å². The van der Waals surface area contributed by atoms with Crippen molar-refractivity contribution in [3.05, 3.63) is 35.9 Å². The van der Waals surface area contributed by atoms with Crippen LogP contribution in [0.1, 0.15) is 5.56 Å². The van der Waals surface area contributed by atoms with Crippen LogP contribution in [0.25, 0.3) is 6.08 Å². The topological polar surface area (TPSA) is 91.7 Å². The van der Waals surface area contributed by atoms with Crippen LogP contribution in [0, 0.1) is 0 Å². The van der Waals surface area contributed by atoms with E-state index in [1.54, 1.807) is 55.4 Å². The van der Waals surface area contributed by atoms with Crippen LogP contribution >= 0.6 is 0 Å². The Bertz CT molecular complexity index is 837. The maximum absolute atomic E-state index is 13.0. The van der Waals surface area contributed by atoms with E-state index < -0.39 is 28.5 Å². The molecule has 9 heteroatoms. The number of phenols is 1. The molecule has 0 aromatic heterocycles. The number of ether oxygens (including phenoxy) is 1. The van der Waals surface area contributed by atoms with E-state index in [0.29, 0.717) is 5.84 Å². The number of aromatic hydroxyl groups is 1. The standard InChI is InChI=1S/C18H22N4O5/c1-20-16(24)18(26-4)15(22(3,27-5)17(20)25)19-14(21(18)2)11-8-12-6-9-13(23)10-7-12/h6-11,15H,1-5H3/p+1. The van der Waals surface area contributed by atoms with Gasteiger partial charge in [-0.3, -0.25) is 4.79 Å². The summed E-state index contributed by atoms with van der Waals surface area (Å²) in [6.07, 6.45) is 2.60. The summed E-state index contributed by atoms with van der Waals surface area (Å²) in [5, 5.41) is 9.39. The minimum absolute atomic E-state index is 0.173. The zero-order valence-electron chi connectivity index (χ0n) is 15.9. The minimum atomic E-state index is -1.50. The zero-order valence-corrected chi connectivity index (χ0v) is 15.9. The van der Waals surface area contributed by atoms with Crippen LogP contribution in [-0.2, 0) is 14.4 Å². The molecule has 1 saturated heterocycles. The Hall–Kier alpha value is -2.75. The number of benzene rings is 1. The molecule has 27 heavy (non-hydrogen) atoms. The average Bonchev–Trinajstić information content (AvgIpc) is 2.97. The molecule has 1 aromatic carbocycles. The normalized spacial score (nSPS) is 30.9. The number of urea groups is 1. The smallest absolute Gasteiger partial charge is 0.460 e. The Balaban J connectivity index is 2.05. The van der Waals surface area contributed by atoms with E-state index in [2.05, 4.69) is 4.99 Å². The molecule has 0 saturated carbocycles. The highest BCUT2D eigenvalue weighted by molar-refractivity contribution is 6.06. The predicted octanol–water partition coefficient (Wildman–Crippen LogP) is 1.02. The lowest BCUT2D eigenvalue weighted by molar-refractivity contribution is -1.05. The molecule has 2 heterocycles. The number of quaternary nitrogens is 1. The Morgan fingerprint density at radius 1 is 1.19 bits per heavy atom. The molecule has 1 N–H and O–H groups in total. The fraction of sp³-hybridized carbons (Fsp3) is 0.389. The number of amidine groups is 1. The maximum Gasteiger partial charge on any atom is 0.460 e. The predicted molar refractivity (Wildman–Crippen MR) is 97.2 cm³/mol. The van der Waals surface area contributed by atoms with Crippen LogP contribution in [0.4, 0.5) is 4.79 Å². The quantitative estimate of drug-likeness (QED) is 0.790. The van der Waals surface area contributed by atoms with Crippen molar-refractivity contribution in [2.45, 2.75) is 11.9 Å². The lowest BCUT2D eigenvalue weighted by atomic mass is 10.0. The summed E-state index contributed by atoms with van der Waals surface area (Å²) in [5.74, 6) is 0.131. The van der Waals surface area contributed by atoms with Gasteiger partial charge in [0.2, 0.25) is 0 Å². The van der Waals surface area contributed by atoms with Gasteiger partial charge in [0.1, 0.15) is 18.6 Å². The first-order valence-electron chi connectivity index (χ1n) is 8.31. The summed E-state index contributed by atoms with van der Waals surface area (Å²) >= 11 is 0. The highest BCUT2D eigenvalue weighted by Crippen LogP contribution is 2.41. The number of hydroxylamine groups is 3. The first-order chi connectivity index (χ1) is 12.7. The van der Waals surface area contributed by atoms with E-state index in [4.69, 9.17) is 9.57 Å². The second-order valence-corrected chi connectivity index (χ2v) is 6.56. The summed E-state index contributed by atoms with van der Waals surface area (Å²) < 4.78 is 5.09. The average molecular weight is 375 g/mol. The van der Waals surface area contributed by atoms with E-state index in [1.165, 1.54) is 21.3 Å². The largest absolute Gasteiger partial charge is 0.508 e. The number of phenolic OH excluding ortho intramolecular Hbond substituents is 1. The van der Waals surface area contributed by atoms with Crippen LogP contribution in [0.5, 0.6) is 5.75 Å². The molecule has 0 bridgehead atoms. The van der Waals surface area contributed by atoms with Crippen molar-refractivity contribution in [1.82, 2.24) is 9.80 Å². The van der Waals surface area contributed by atoms with E-state index in [0.717, 1.165) is 10.5 Å². The molecular formula is C18H23N4O5+. The van der Waals surface area contributed by atoms with Gasteiger partial charge in [0.05, 0.1) is 7.11 Å². The van der Waals surface area contributed by atoms with Crippen molar-refractivity contribution < 1.29 is 28.9 Å². The molecule has 9 nitrogen and oxygen atoms in total. The lowest BCUT2D eigenvalue weighted by Gasteiger charge is -2.47. The van der Waals surface area contributed by atoms with Gasteiger partial charge < -0.3 is 14.7 Å². The number of imide groups is 1. The first kappa shape index (κ1) is 19.0. The Kier molecular flexibility index (Phi) is 4.54. The molecule has 2 aliphatic rings. The van der Waals surface area contributed by atoms with Crippen molar-refractivity contribution in [3.8, 4) is 5.75 Å². The first-order valence-corrected chi connectivity index (χ1v) is 8.31. The molecule has 3 atom stereocenters. The van der Waals surface area contributed by atoms with E-state index in [9.17, 15) is 14.7 Å². The van der Waals surface area contributed by atoms with Gasteiger partial charge in [0.25, 0.3) is 12.1 Å². The number of methoxy groups -OCH3 is 1. The third-order valence-corrected chi connectivity index (χ3v) is 5.20. The van der Waals surface area contributed by atoms with Crippen molar-refractivity contribution in [3.63, 3.8) is 0 Å². The second-order valence-electron chi connectivity index (χ2n) is 6.56. The van der Waals surface area contributed by atoms with Gasteiger partial charge >= 0.3 is 11.8 Å². The van der Waals surface area contributed by atoms with Gasteiger partial charge in [-0.15, -0.1) is 0 Å². The number of aliphatic imine (C=N–C) groups is 1. The van der Waals surface area contributed by atoms with E-state index >= 15 is 0 Å². The number of rotatable bonds is 4. The van der Waals surface area contributed by atoms with E-state index in [1.807, 2.05) is 0 Å². The summed E-state index contributed by atoms with van der Waals surface area (Å²) in [6, 6.07) is 6.12. The van der Waals surface area contributed by atoms with Crippen molar-refractivity contribution in [2.75, 3.05) is 35.4 Å². The number of nitrogens with zero attached hydrogens (tertiary/aromatic N) is 4. The fourth-order valence-corrected chi connectivity index (χ4v) is 3.49. The Morgan fingerprint density at radius 3 is 2.37 bits per heavy atom. The lowest BCUT2D eigenvalue weighted by Crippen LogP contribution is -2.78. The van der Waals surface area contributed by atoms with Crippen LogP contribution in [-0.4, -0.2) is 84.6 Å². The molecule has 1 aromatic rings. The molecule has 2 aliphatic heterocycles. The number of hydrogen-bond donors (Lipinski definition) is 1. The van der Waals surface area contributed by atoms with Crippen LogP contribution in [0.2, 0.25) is 0 Å². The molecular weight excluding hydrogens is 352 g/mol. The number of amides is 3. The van der Waals surface area contributed by atoms with Gasteiger partial charge in [0.15, 0.2) is 0 Å². The summed E-state index contributed by atoms with van der Waals surface area (Å²) in [4.78, 5) is 38.3. The highest BCUT2D eigenvalue weighted by atomic mass is 16.7. The van der Waals surface area contributed by atoms with Crippen molar-refractivity contribution in [1.29, 1.82) is 0 Å². The zero-order chi connectivity index (χ0) is 20.0. The van der Waals surface area contributed by atoms with Gasteiger partial charge in [-0.2, -0.15) is 4.84 Å². The third kappa shape index (κ3) is 2.54. The molecule has 0 aliphatic carbocycles. The number of hydrogen-bond acceptors (Lipinski definition) is 7. The van der Waals surface area contributed by atoms with E-state index in [-0.39, 0.29) is 5.75 Å². The molecule has 3 unspecified atom stereocenters. The second kappa shape index (κ2) is 6.45. The SMILES string of the molecule is COC12C(=O)N(C)C(=O)[N+](C)(OC)C1N=C(C=Cc1ccc(O)cc1)N2C. The molecule has 3 amide bonds. The minimum Gasteiger partial charge on any atom is -0.508 e. The molecule has 3 rings (SSSR count). The number of carbonyl (C=O) groups excluding carboxylic acids is 2. The molecule has 0 spiro atoms. The van der Waals surface area contributed by atoms with Gasteiger partial charge in [-0.25, -0.2) is 14.7 Å². The van der Waals surface area contributed by atoms with Crippen LogP contribution in [0.15, 0.2) is 35.3 Å². The molecule has 0 radical (unpaired) electrons. The molecule has 1 fully saturated rings. The van der Waals surface area contributed by atoms with Crippen molar-refractivity contribution >= 4 is 23.8 Å². The van der Waals surface area contributed by atoms with Crippen LogP contribution < -0.4 is 0 Å². The van der Waals surface area contributed by atoms with Crippen molar-refractivity contribution in [2.24, 2.45) is 4.99 Å². The number of fused-ring (bicyclic) bond motifs is 1. The number of carbonyl (C=O) groups is 2. The fourth-order valence-electron chi connectivity index (χ4n) is 3.49. The Morgan fingerprint density at radius 2 is 1.81 bits per heavy atom. The maximum atomic E-state index is 13.0. The van der Waals surface area contributed by atoms with Gasteiger partial charge in [-0.1, -0.05) is 22.9 Å². The summed E-state index contributed by atoms with van der Waals surface area (Å²) in [5.41, 5.74) is -0.657.